The Bertz CT molecular complexity index is 404. The van der Waals surface area contributed by atoms with Gasteiger partial charge in [0.15, 0.2) is 0 Å². The first kappa shape index (κ1) is 13.4. The Balaban J connectivity index is 0.000000171. The Morgan fingerprint density at radius 1 is 1.29 bits per heavy atom. The first-order valence-electron chi connectivity index (χ1n) is 5.38. The number of allylic oxidation sites excluding steroid dienone is 2. The van der Waals surface area contributed by atoms with E-state index in [9.17, 15) is 4.79 Å². The average Bonchev–Trinajstić information content (AvgIpc) is 2.41. The molecule has 1 aromatic carbocycles. The SMILES string of the molecule is O=C(O)c1ccccc1.[Li][CH2]N1C=CC=CN1. The van der Waals surface area contributed by atoms with Crippen LogP contribution in [0.3, 0.4) is 0 Å². The van der Waals surface area contributed by atoms with Gasteiger partial charge in [-0.15, -0.1) is 0 Å². The van der Waals surface area contributed by atoms with Crippen molar-refractivity contribution in [2.75, 3.05) is 5.22 Å². The fourth-order valence-corrected chi connectivity index (χ4v) is 1.17. The van der Waals surface area contributed by atoms with E-state index >= 15 is 0 Å². The van der Waals surface area contributed by atoms with Crippen LogP contribution >= 0.6 is 0 Å². The van der Waals surface area contributed by atoms with Gasteiger partial charge in [0.25, 0.3) is 0 Å². The summed E-state index contributed by atoms with van der Waals surface area (Å²) in [6, 6.07) is 8.30. The van der Waals surface area contributed by atoms with Gasteiger partial charge in [0.2, 0.25) is 0 Å². The molecule has 0 unspecified atom stereocenters. The molecule has 1 aromatic rings. The first-order valence-corrected chi connectivity index (χ1v) is 5.38. The van der Waals surface area contributed by atoms with Crippen LogP contribution in [0.25, 0.3) is 0 Å². The Morgan fingerprint density at radius 3 is 2.35 bits per heavy atom. The van der Waals surface area contributed by atoms with Gasteiger partial charge in [-0.2, -0.15) is 0 Å². The van der Waals surface area contributed by atoms with E-state index in [1.54, 1.807) is 30.3 Å². The Kier molecular flexibility index (Phi) is 6.01. The molecule has 0 fully saturated rings. The molecule has 0 saturated carbocycles. The van der Waals surface area contributed by atoms with Gasteiger partial charge in [0.05, 0.1) is 5.56 Å². The summed E-state index contributed by atoms with van der Waals surface area (Å²) >= 11 is 2.09. The molecule has 1 aliphatic rings. The van der Waals surface area contributed by atoms with Gasteiger partial charge in [0.1, 0.15) is 0 Å². The predicted molar refractivity (Wildman–Crippen MR) is 67.3 cm³/mol. The summed E-state index contributed by atoms with van der Waals surface area (Å²) < 4.78 is 0. The quantitative estimate of drug-likeness (QED) is 0.744. The summed E-state index contributed by atoms with van der Waals surface area (Å²) in [5.74, 6) is -0.879. The molecule has 0 spiro atoms. The number of nitrogens with zero attached hydrogens (tertiary/aromatic N) is 1. The summed E-state index contributed by atoms with van der Waals surface area (Å²) in [6.07, 6.45) is 7.87. The second kappa shape index (κ2) is 7.61. The van der Waals surface area contributed by atoms with Crippen LogP contribution in [0.4, 0.5) is 0 Å². The minimum absolute atomic E-state index is 0.331. The second-order valence-corrected chi connectivity index (χ2v) is 3.29. The molecule has 0 bridgehead atoms. The van der Waals surface area contributed by atoms with E-state index in [1.807, 2.05) is 29.6 Å². The maximum absolute atomic E-state index is 10.2. The van der Waals surface area contributed by atoms with Gasteiger partial charge in [-0.05, 0) is 12.1 Å². The Hall–Kier alpha value is -1.63. The van der Waals surface area contributed by atoms with Gasteiger partial charge in [0, 0.05) is 0 Å². The number of hydrogen-bond donors (Lipinski definition) is 2. The van der Waals surface area contributed by atoms with Crippen molar-refractivity contribution in [2.45, 2.75) is 0 Å². The number of nitrogens with one attached hydrogen (secondary N) is 1. The van der Waals surface area contributed by atoms with Gasteiger partial charge in [-0.1, -0.05) is 18.2 Å². The van der Waals surface area contributed by atoms with Crippen molar-refractivity contribution in [1.82, 2.24) is 10.4 Å². The Labute approximate surface area is 110 Å². The molecular weight excluding hydrogens is 211 g/mol. The van der Waals surface area contributed by atoms with Crippen molar-refractivity contribution < 1.29 is 9.90 Å². The third-order valence-electron chi connectivity index (χ3n) is 2.08. The van der Waals surface area contributed by atoms with Crippen LogP contribution in [0, 0.1) is 0 Å². The summed E-state index contributed by atoms with van der Waals surface area (Å²) in [5.41, 5.74) is 3.37. The molecule has 0 amide bonds. The van der Waals surface area contributed by atoms with Crippen LogP contribution in [0.1, 0.15) is 10.4 Å². The van der Waals surface area contributed by atoms with Crippen molar-refractivity contribution in [3.63, 3.8) is 0 Å². The van der Waals surface area contributed by atoms with Crippen LogP contribution in [0.2, 0.25) is 0 Å². The predicted octanol–water partition coefficient (Wildman–Crippen LogP) is 1.34. The van der Waals surface area contributed by atoms with E-state index in [4.69, 9.17) is 5.11 Å². The van der Waals surface area contributed by atoms with Gasteiger partial charge in [-0.25, -0.2) is 4.79 Å². The van der Waals surface area contributed by atoms with E-state index in [2.05, 4.69) is 23.1 Å². The van der Waals surface area contributed by atoms with Crippen LogP contribution in [0.5, 0.6) is 0 Å². The standard InChI is InChI=1S/C7H6O2.C5H7N2.Li/c8-7(9)6-4-2-1-3-5-6;1-7-5-3-2-4-6-7;/h1-5H,(H,8,9);2-6H,1H2;. The zero-order valence-corrected chi connectivity index (χ0v) is 9.71. The number of aromatic carboxylic acids is 1. The zero-order valence-electron chi connectivity index (χ0n) is 9.71. The minimum atomic E-state index is -0.879. The normalized spacial score (nSPS) is 12.5. The molecule has 5 heteroatoms. The van der Waals surface area contributed by atoms with Gasteiger partial charge < -0.3 is 5.11 Å². The monoisotopic (exact) mass is 224 g/mol. The number of benzene rings is 1. The summed E-state index contributed by atoms with van der Waals surface area (Å²) in [6.45, 7) is 0. The third-order valence-corrected chi connectivity index (χ3v) is 2.08. The number of carbonyl (C=O) groups is 1. The number of hydrogen-bond acceptors (Lipinski definition) is 3. The number of rotatable bonds is 2. The van der Waals surface area contributed by atoms with Crippen molar-refractivity contribution in [3.8, 4) is 0 Å². The molecule has 2 rings (SSSR count). The zero-order chi connectivity index (χ0) is 12.5. The molecule has 0 radical (unpaired) electrons. The molecule has 0 saturated heterocycles. The van der Waals surface area contributed by atoms with Crippen LogP contribution in [-0.2, 0) is 0 Å². The molecule has 17 heavy (non-hydrogen) atoms. The molecule has 0 atom stereocenters. The second-order valence-electron chi connectivity index (χ2n) is 3.29. The summed E-state index contributed by atoms with van der Waals surface area (Å²) in [7, 11) is 0. The van der Waals surface area contributed by atoms with E-state index < -0.39 is 5.97 Å². The van der Waals surface area contributed by atoms with E-state index in [0.717, 1.165) is 5.22 Å². The average molecular weight is 224 g/mol. The third kappa shape index (κ3) is 5.30. The van der Waals surface area contributed by atoms with Gasteiger partial charge in [-0.3, -0.25) is 0 Å². The van der Waals surface area contributed by atoms with E-state index in [-0.39, 0.29) is 0 Å². The van der Waals surface area contributed by atoms with Crippen molar-refractivity contribution in [3.05, 3.63) is 60.4 Å². The van der Waals surface area contributed by atoms with Crippen LogP contribution < -0.4 is 5.43 Å². The molecular formula is C12H13LiN2O2. The number of carboxylic acids is 1. The molecule has 1 heterocycles. The molecule has 2 N–H and O–H groups in total. The number of carboxylic acid groups (broad SMARTS) is 1. The first-order chi connectivity index (χ1) is 8.24. The summed E-state index contributed by atoms with van der Waals surface area (Å²) in [4.78, 5) is 10.2. The van der Waals surface area contributed by atoms with Crippen LogP contribution in [0.15, 0.2) is 54.9 Å². The van der Waals surface area contributed by atoms with Crippen molar-refractivity contribution >= 4 is 23.7 Å². The van der Waals surface area contributed by atoms with Crippen molar-refractivity contribution in [2.24, 2.45) is 0 Å². The fourth-order valence-electron chi connectivity index (χ4n) is 1.17. The maximum atomic E-state index is 10.2. The van der Waals surface area contributed by atoms with Crippen LogP contribution in [-0.4, -0.2) is 39.0 Å². The molecule has 0 aromatic heterocycles. The van der Waals surface area contributed by atoms with E-state index in [0.29, 0.717) is 5.56 Å². The molecule has 84 valence electrons. The molecule has 1 aliphatic heterocycles. The van der Waals surface area contributed by atoms with E-state index in [1.165, 1.54) is 0 Å². The number of hydrazine groups is 1. The van der Waals surface area contributed by atoms with Gasteiger partial charge >= 0.3 is 63.9 Å². The summed E-state index contributed by atoms with van der Waals surface area (Å²) in [5, 5.41) is 11.4. The molecule has 0 aliphatic carbocycles. The molecule has 4 nitrogen and oxygen atoms in total. The fraction of sp³-hybridized carbons (Fsp3) is 0.0833. The van der Waals surface area contributed by atoms with Crippen molar-refractivity contribution in [1.29, 1.82) is 0 Å². The Morgan fingerprint density at radius 2 is 2.00 bits per heavy atom. The topological polar surface area (TPSA) is 52.6 Å².